The van der Waals surface area contributed by atoms with Crippen LogP contribution in [-0.4, -0.2) is 24.0 Å². The zero-order valence-electron chi connectivity index (χ0n) is 8.43. The number of nitrogens with two attached hydrogens (primary N) is 1. The number of hydrogen-bond donors (Lipinski definition) is 3. The summed E-state index contributed by atoms with van der Waals surface area (Å²) in [5.41, 5.74) is 5.17. The predicted molar refractivity (Wildman–Crippen MR) is 54.4 cm³/mol. The monoisotopic (exact) mass is 214 g/mol. The molecule has 0 spiro atoms. The van der Waals surface area contributed by atoms with Crippen LogP contribution in [0, 0.1) is 4.91 Å². The van der Waals surface area contributed by atoms with Crippen LogP contribution in [0.25, 0.3) is 0 Å². The van der Waals surface area contributed by atoms with Crippen LogP contribution < -0.4 is 11.1 Å². The summed E-state index contributed by atoms with van der Waals surface area (Å²) in [5.74, 6) is -0.122. The first-order valence-electron chi connectivity index (χ1n) is 4.68. The Morgan fingerprint density at radius 3 is 3.00 bits per heavy atom. The Balaban J connectivity index is 2.62. The number of amidine groups is 1. The Morgan fingerprint density at radius 2 is 2.47 bits per heavy atom. The second-order valence-electron chi connectivity index (χ2n) is 3.03. The lowest BCUT2D eigenvalue weighted by Gasteiger charge is -2.19. The van der Waals surface area contributed by atoms with Crippen molar-refractivity contribution in [3.05, 3.63) is 16.4 Å². The van der Waals surface area contributed by atoms with E-state index in [0.717, 1.165) is 12.8 Å². The van der Waals surface area contributed by atoms with Crippen molar-refractivity contribution in [2.75, 3.05) is 6.61 Å². The van der Waals surface area contributed by atoms with E-state index in [1.165, 1.54) is 0 Å². The van der Waals surface area contributed by atoms with Gasteiger partial charge in [-0.3, -0.25) is 0 Å². The molecule has 0 amide bonds. The average Bonchev–Trinajstić information content (AvgIpc) is 2.18. The van der Waals surface area contributed by atoms with Gasteiger partial charge >= 0.3 is 0 Å². The number of aliphatic imine (C=N–C) groups is 1. The van der Waals surface area contributed by atoms with E-state index in [1.54, 1.807) is 0 Å². The highest BCUT2D eigenvalue weighted by molar-refractivity contribution is 5.76. The van der Waals surface area contributed by atoms with Crippen molar-refractivity contribution >= 4 is 6.02 Å². The molecule has 0 fully saturated rings. The summed E-state index contributed by atoms with van der Waals surface area (Å²) >= 11 is 0. The van der Waals surface area contributed by atoms with Gasteiger partial charge in [-0.15, -0.1) is 4.91 Å². The molecule has 4 N–H and O–H groups in total. The molecule has 0 bridgehead atoms. The number of unbranched alkanes of at least 4 members (excludes halogenated alkanes) is 1. The van der Waals surface area contributed by atoms with E-state index in [2.05, 4.69) is 15.5 Å². The van der Waals surface area contributed by atoms with Gasteiger partial charge in [0.15, 0.2) is 17.7 Å². The lowest BCUT2D eigenvalue weighted by molar-refractivity contribution is 0.169. The normalized spacial score (nSPS) is 20.7. The molecule has 1 aliphatic heterocycles. The van der Waals surface area contributed by atoms with Gasteiger partial charge in [0, 0.05) is 0 Å². The summed E-state index contributed by atoms with van der Waals surface area (Å²) in [6.45, 7) is 2.50. The lowest BCUT2D eigenvalue weighted by atomic mass is 10.3. The van der Waals surface area contributed by atoms with Crippen LogP contribution in [0.15, 0.2) is 21.7 Å². The van der Waals surface area contributed by atoms with Crippen LogP contribution in [0.4, 0.5) is 0 Å². The van der Waals surface area contributed by atoms with Crippen molar-refractivity contribution in [2.45, 2.75) is 26.0 Å². The smallest absolute Gasteiger partial charge is 0.293 e. The zero-order valence-corrected chi connectivity index (χ0v) is 8.43. The molecule has 84 valence electrons. The van der Waals surface area contributed by atoms with E-state index in [0.29, 0.717) is 6.61 Å². The van der Waals surface area contributed by atoms with Gasteiger partial charge in [-0.05, 0) is 11.6 Å². The number of ether oxygens (including phenoxy) is 1. The van der Waals surface area contributed by atoms with E-state index in [9.17, 15) is 10.0 Å². The van der Waals surface area contributed by atoms with Crippen molar-refractivity contribution < 1.29 is 9.84 Å². The molecule has 0 aliphatic carbocycles. The van der Waals surface area contributed by atoms with Gasteiger partial charge in [-0.1, -0.05) is 13.3 Å². The van der Waals surface area contributed by atoms with Crippen molar-refractivity contribution in [3.8, 4) is 0 Å². The first kappa shape index (κ1) is 11.4. The summed E-state index contributed by atoms with van der Waals surface area (Å²) in [6.07, 6.45) is 0.609. The first-order chi connectivity index (χ1) is 7.19. The van der Waals surface area contributed by atoms with E-state index >= 15 is 0 Å². The number of hydrogen-bond acceptors (Lipinski definition) is 7. The summed E-state index contributed by atoms with van der Waals surface area (Å²) in [5, 5.41) is 14.4. The molecule has 0 aromatic heterocycles. The molecule has 7 nitrogen and oxygen atoms in total. The van der Waals surface area contributed by atoms with Gasteiger partial charge in [0.2, 0.25) is 0 Å². The molecule has 0 saturated heterocycles. The Labute approximate surface area is 87.0 Å². The van der Waals surface area contributed by atoms with Crippen LogP contribution >= 0.6 is 0 Å². The van der Waals surface area contributed by atoms with Gasteiger partial charge in [0.05, 0.1) is 6.61 Å². The number of nitrogens with one attached hydrogen (secondary N) is 1. The largest absolute Gasteiger partial charge is 0.465 e. The zero-order chi connectivity index (χ0) is 11.3. The van der Waals surface area contributed by atoms with Crippen molar-refractivity contribution in [3.63, 3.8) is 0 Å². The minimum atomic E-state index is -1.25. The number of nitrogens with zero attached hydrogens (tertiary/aromatic N) is 2. The van der Waals surface area contributed by atoms with E-state index in [-0.39, 0.29) is 17.5 Å². The standard InChI is InChI=1S/C8H14N4O3/c1-2-3-4-15-8-10-6(9)5(12-14)7(13)11-8/h7,13H,2-4,9H2,1H3,(H,10,11). The van der Waals surface area contributed by atoms with Gasteiger partial charge in [0.25, 0.3) is 6.02 Å². The third kappa shape index (κ3) is 2.91. The summed E-state index contributed by atoms with van der Waals surface area (Å²) in [4.78, 5) is 14.0. The van der Waals surface area contributed by atoms with Crippen molar-refractivity contribution in [1.82, 2.24) is 5.32 Å². The molecular formula is C8H14N4O3. The Morgan fingerprint density at radius 1 is 1.73 bits per heavy atom. The molecule has 1 atom stereocenters. The maximum Gasteiger partial charge on any atom is 0.293 e. The Kier molecular flexibility index (Phi) is 4.04. The van der Waals surface area contributed by atoms with E-state index < -0.39 is 6.23 Å². The molecule has 1 unspecified atom stereocenters. The summed E-state index contributed by atoms with van der Waals surface area (Å²) < 4.78 is 5.18. The van der Waals surface area contributed by atoms with Crippen LogP contribution in [0.1, 0.15) is 19.8 Å². The first-order valence-corrected chi connectivity index (χ1v) is 4.68. The highest BCUT2D eigenvalue weighted by Gasteiger charge is 2.23. The highest BCUT2D eigenvalue weighted by atomic mass is 16.5. The predicted octanol–water partition coefficient (Wildman–Crippen LogP) is -0.0251. The Bertz CT molecular complexity index is 300. The van der Waals surface area contributed by atoms with Gasteiger partial charge in [0.1, 0.15) is 0 Å². The topological polar surface area (TPSA) is 109 Å². The maximum absolute atomic E-state index is 10.2. The molecule has 0 aromatic rings. The van der Waals surface area contributed by atoms with Crippen LogP contribution in [-0.2, 0) is 4.74 Å². The molecule has 1 rings (SSSR count). The summed E-state index contributed by atoms with van der Waals surface area (Å²) in [7, 11) is 0. The highest BCUT2D eigenvalue weighted by Crippen LogP contribution is 2.11. The third-order valence-corrected chi connectivity index (χ3v) is 1.84. The van der Waals surface area contributed by atoms with E-state index in [4.69, 9.17) is 10.5 Å². The van der Waals surface area contributed by atoms with Crippen LogP contribution in [0.2, 0.25) is 0 Å². The van der Waals surface area contributed by atoms with Crippen LogP contribution in [0.5, 0.6) is 0 Å². The van der Waals surface area contributed by atoms with Gasteiger partial charge in [-0.2, -0.15) is 4.99 Å². The molecule has 0 saturated carbocycles. The second kappa shape index (κ2) is 5.30. The third-order valence-electron chi connectivity index (χ3n) is 1.84. The quantitative estimate of drug-likeness (QED) is 0.450. The molecule has 15 heavy (non-hydrogen) atoms. The van der Waals surface area contributed by atoms with Crippen LogP contribution in [0.3, 0.4) is 0 Å². The fraction of sp³-hybridized carbons (Fsp3) is 0.625. The molecular weight excluding hydrogens is 200 g/mol. The Hall–Kier alpha value is -1.63. The minimum absolute atomic E-state index is 0.112. The minimum Gasteiger partial charge on any atom is -0.465 e. The molecule has 0 radical (unpaired) electrons. The lowest BCUT2D eigenvalue weighted by Crippen LogP contribution is -2.41. The average molecular weight is 214 g/mol. The summed E-state index contributed by atoms with van der Waals surface area (Å²) in [6, 6.07) is 0.112. The maximum atomic E-state index is 10.2. The molecule has 1 heterocycles. The van der Waals surface area contributed by atoms with Gasteiger partial charge in [-0.25, -0.2) is 0 Å². The SMILES string of the molecule is CCCCOC1=NC(N)=C(N=O)C(O)N1. The fourth-order valence-electron chi connectivity index (χ4n) is 1.01. The van der Waals surface area contributed by atoms with Gasteiger partial charge < -0.3 is 20.9 Å². The number of nitroso groups, excluding NO2 is 1. The van der Waals surface area contributed by atoms with Crippen molar-refractivity contribution in [2.24, 2.45) is 15.9 Å². The molecule has 7 heteroatoms. The van der Waals surface area contributed by atoms with E-state index in [1.807, 2.05) is 6.92 Å². The number of aliphatic hydroxyl groups excluding tert-OH is 1. The second-order valence-corrected chi connectivity index (χ2v) is 3.03. The van der Waals surface area contributed by atoms with Crippen molar-refractivity contribution in [1.29, 1.82) is 0 Å². The molecule has 1 aliphatic rings. The fourth-order valence-corrected chi connectivity index (χ4v) is 1.01. The number of rotatable bonds is 4. The number of aliphatic hydroxyl groups is 1. The molecule has 0 aromatic carbocycles.